The number of anilines is 1. The van der Waals surface area contributed by atoms with Gasteiger partial charge in [0.15, 0.2) is 0 Å². The molecule has 0 spiro atoms. The first-order valence-corrected chi connectivity index (χ1v) is 5.00. The van der Waals surface area contributed by atoms with Crippen LogP contribution >= 0.6 is 0 Å². The molecule has 0 amide bonds. The normalized spacial score (nSPS) is 10.6. The van der Waals surface area contributed by atoms with Crippen LogP contribution in [-0.4, -0.2) is 18.1 Å². The van der Waals surface area contributed by atoms with Gasteiger partial charge in [0.05, 0.1) is 0 Å². The van der Waals surface area contributed by atoms with Crippen molar-refractivity contribution < 1.29 is 0 Å². The van der Waals surface area contributed by atoms with Crippen molar-refractivity contribution in [2.24, 2.45) is 0 Å². The summed E-state index contributed by atoms with van der Waals surface area (Å²) in [5.74, 6) is 0.963. The molecular formula is C11H19N3. The number of nitrogens with zero attached hydrogens (tertiary/aromatic N) is 1. The van der Waals surface area contributed by atoms with Crippen LogP contribution in [0.5, 0.6) is 0 Å². The van der Waals surface area contributed by atoms with Crippen molar-refractivity contribution in [3.8, 4) is 0 Å². The molecule has 2 N–H and O–H groups in total. The van der Waals surface area contributed by atoms with Crippen LogP contribution in [0.25, 0.3) is 0 Å². The molecule has 0 unspecified atom stereocenters. The second-order valence-corrected chi connectivity index (χ2v) is 3.83. The SMILES string of the molecule is CNCc1cc(C)nc(NC(C)C)c1. The highest BCUT2D eigenvalue weighted by Gasteiger charge is 2.00. The number of hydrogen-bond donors (Lipinski definition) is 2. The van der Waals surface area contributed by atoms with Gasteiger partial charge < -0.3 is 10.6 Å². The summed E-state index contributed by atoms with van der Waals surface area (Å²) in [6.07, 6.45) is 0. The molecule has 0 atom stereocenters. The third-order valence-corrected chi connectivity index (χ3v) is 1.83. The van der Waals surface area contributed by atoms with Crippen LogP contribution in [0.4, 0.5) is 5.82 Å². The number of hydrogen-bond acceptors (Lipinski definition) is 3. The Morgan fingerprint density at radius 3 is 2.64 bits per heavy atom. The third-order valence-electron chi connectivity index (χ3n) is 1.83. The molecule has 14 heavy (non-hydrogen) atoms. The summed E-state index contributed by atoms with van der Waals surface area (Å²) < 4.78 is 0. The van der Waals surface area contributed by atoms with Crippen molar-refractivity contribution in [3.63, 3.8) is 0 Å². The fourth-order valence-corrected chi connectivity index (χ4v) is 1.42. The highest BCUT2D eigenvalue weighted by atomic mass is 15.0. The molecule has 0 radical (unpaired) electrons. The molecular weight excluding hydrogens is 174 g/mol. The summed E-state index contributed by atoms with van der Waals surface area (Å²) in [5.41, 5.74) is 2.32. The summed E-state index contributed by atoms with van der Waals surface area (Å²) in [6, 6.07) is 4.61. The van der Waals surface area contributed by atoms with Crippen LogP contribution in [0, 0.1) is 6.92 Å². The molecule has 3 heteroatoms. The Kier molecular flexibility index (Phi) is 3.89. The van der Waals surface area contributed by atoms with Crippen LogP contribution in [0.1, 0.15) is 25.1 Å². The zero-order valence-electron chi connectivity index (χ0n) is 9.39. The summed E-state index contributed by atoms with van der Waals surface area (Å²) in [4.78, 5) is 4.42. The van der Waals surface area contributed by atoms with Crippen LogP contribution < -0.4 is 10.6 Å². The second-order valence-electron chi connectivity index (χ2n) is 3.83. The van der Waals surface area contributed by atoms with Gasteiger partial charge in [-0.2, -0.15) is 0 Å². The molecule has 0 aliphatic heterocycles. The minimum absolute atomic E-state index is 0.423. The molecule has 78 valence electrons. The van der Waals surface area contributed by atoms with Crippen molar-refractivity contribution in [2.75, 3.05) is 12.4 Å². The van der Waals surface area contributed by atoms with E-state index in [2.05, 4.69) is 41.6 Å². The van der Waals surface area contributed by atoms with Crippen LogP contribution in [-0.2, 0) is 6.54 Å². The van der Waals surface area contributed by atoms with Gasteiger partial charge in [0, 0.05) is 18.3 Å². The lowest BCUT2D eigenvalue weighted by atomic mass is 10.2. The third kappa shape index (κ3) is 3.34. The van der Waals surface area contributed by atoms with Gasteiger partial charge >= 0.3 is 0 Å². The zero-order valence-corrected chi connectivity index (χ0v) is 9.39. The van der Waals surface area contributed by atoms with Crippen molar-refractivity contribution in [1.29, 1.82) is 0 Å². The Morgan fingerprint density at radius 2 is 2.07 bits per heavy atom. The maximum absolute atomic E-state index is 4.42. The maximum atomic E-state index is 4.42. The van der Waals surface area contributed by atoms with Crippen molar-refractivity contribution in [1.82, 2.24) is 10.3 Å². The topological polar surface area (TPSA) is 37.0 Å². The van der Waals surface area contributed by atoms with Gasteiger partial charge in [0.2, 0.25) is 0 Å². The van der Waals surface area contributed by atoms with Crippen LogP contribution in [0.3, 0.4) is 0 Å². The minimum atomic E-state index is 0.423. The van der Waals surface area contributed by atoms with E-state index in [-0.39, 0.29) is 0 Å². The number of rotatable bonds is 4. The van der Waals surface area contributed by atoms with Crippen molar-refractivity contribution in [3.05, 3.63) is 23.4 Å². The van der Waals surface area contributed by atoms with E-state index in [0.29, 0.717) is 6.04 Å². The average Bonchev–Trinajstić information content (AvgIpc) is 2.01. The van der Waals surface area contributed by atoms with E-state index in [9.17, 15) is 0 Å². The van der Waals surface area contributed by atoms with E-state index in [1.54, 1.807) is 0 Å². The second kappa shape index (κ2) is 4.96. The minimum Gasteiger partial charge on any atom is -0.368 e. The van der Waals surface area contributed by atoms with E-state index < -0.39 is 0 Å². The first-order valence-electron chi connectivity index (χ1n) is 5.00. The Bertz CT molecular complexity index is 295. The van der Waals surface area contributed by atoms with Gasteiger partial charge in [-0.15, -0.1) is 0 Å². The Morgan fingerprint density at radius 1 is 1.36 bits per heavy atom. The smallest absolute Gasteiger partial charge is 0.126 e. The number of aromatic nitrogens is 1. The van der Waals surface area contributed by atoms with Gasteiger partial charge in [-0.25, -0.2) is 4.98 Å². The molecule has 1 heterocycles. The maximum Gasteiger partial charge on any atom is 0.126 e. The number of pyridine rings is 1. The lowest BCUT2D eigenvalue weighted by Gasteiger charge is -2.11. The molecule has 3 nitrogen and oxygen atoms in total. The Balaban J connectivity index is 2.83. The molecule has 0 bridgehead atoms. The summed E-state index contributed by atoms with van der Waals surface area (Å²) in [6.45, 7) is 7.13. The molecule has 0 saturated heterocycles. The summed E-state index contributed by atoms with van der Waals surface area (Å²) in [7, 11) is 1.95. The zero-order chi connectivity index (χ0) is 10.6. The van der Waals surface area contributed by atoms with Crippen LogP contribution in [0.2, 0.25) is 0 Å². The molecule has 1 aromatic heterocycles. The number of nitrogens with one attached hydrogen (secondary N) is 2. The molecule has 1 rings (SSSR count). The lowest BCUT2D eigenvalue weighted by Crippen LogP contribution is -2.13. The average molecular weight is 193 g/mol. The standard InChI is InChI=1S/C11H19N3/c1-8(2)13-11-6-10(7-12-4)5-9(3)14-11/h5-6,8,12H,7H2,1-4H3,(H,13,14). The highest BCUT2D eigenvalue weighted by molar-refractivity contribution is 5.40. The molecule has 1 aromatic rings. The first-order chi connectivity index (χ1) is 6.61. The predicted molar refractivity (Wildman–Crippen MR) is 60.5 cm³/mol. The van der Waals surface area contributed by atoms with E-state index in [1.165, 1.54) is 5.56 Å². The molecule has 0 fully saturated rings. The highest BCUT2D eigenvalue weighted by Crippen LogP contribution is 2.10. The van der Waals surface area contributed by atoms with Gasteiger partial charge in [0.25, 0.3) is 0 Å². The Hall–Kier alpha value is -1.09. The largest absolute Gasteiger partial charge is 0.368 e. The van der Waals surface area contributed by atoms with E-state index in [4.69, 9.17) is 0 Å². The quantitative estimate of drug-likeness (QED) is 0.767. The molecule has 0 aliphatic rings. The van der Waals surface area contributed by atoms with Gasteiger partial charge in [-0.3, -0.25) is 0 Å². The Labute approximate surface area is 85.9 Å². The van der Waals surface area contributed by atoms with E-state index in [0.717, 1.165) is 18.1 Å². The van der Waals surface area contributed by atoms with Gasteiger partial charge in [-0.1, -0.05) is 0 Å². The van der Waals surface area contributed by atoms with E-state index >= 15 is 0 Å². The van der Waals surface area contributed by atoms with Gasteiger partial charge in [-0.05, 0) is 45.5 Å². The molecule has 0 saturated carbocycles. The van der Waals surface area contributed by atoms with Crippen molar-refractivity contribution >= 4 is 5.82 Å². The summed E-state index contributed by atoms with van der Waals surface area (Å²) >= 11 is 0. The molecule has 0 aliphatic carbocycles. The van der Waals surface area contributed by atoms with Crippen LogP contribution in [0.15, 0.2) is 12.1 Å². The first kappa shape index (κ1) is 11.0. The lowest BCUT2D eigenvalue weighted by molar-refractivity contribution is 0.812. The fourth-order valence-electron chi connectivity index (χ4n) is 1.42. The number of aryl methyl sites for hydroxylation is 1. The molecule has 0 aromatic carbocycles. The monoisotopic (exact) mass is 193 g/mol. The predicted octanol–water partition coefficient (Wildman–Crippen LogP) is 1.93. The van der Waals surface area contributed by atoms with Crippen molar-refractivity contribution in [2.45, 2.75) is 33.4 Å². The summed E-state index contributed by atoms with van der Waals surface area (Å²) in [5, 5.41) is 6.44. The van der Waals surface area contributed by atoms with Gasteiger partial charge in [0.1, 0.15) is 5.82 Å². The van der Waals surface area contributed by atoms with E-state index in [1.807, 2.05) is 14.0 Å². The fraction of sp³-hybridized carbons (Fsp3) is 0.545.